The van der Waals surface area contributed by atoms with Gasteiger partial charge in [-0.3, -0.25) is 4.79 Å². The summed E-state index contributed by atoms with van der Waals surface area (Å²) in [7, 11) is 3.37. The first-order chi connectivity index (χ1) is 16.0. The summed E-state index contributed by atoms with van der Waals surface area (Å²) in [5, 5.41) is 9.69. The van der Waals surface area contributed by atoms with Crippen LogP contribution in [0, 0.1) is 23.1 Å². The molecule has 2 aromatic rings. The van der Waals surface area contributed by atoms with Gasteiger partial charge in [0.25, 0.3) is 0 Å². The molecular weight excluding hydrogens is 459 g/mol. The van der Waals surface area contributed by atoms with Crippen LogP contribution in [-0.2, 0) is 4.79 Å². The van der Waals surface area contributed by atoms with E-state index in [2.05, 4.69) is 21.8 Å². The molecule has 0 aromatic carbocycles. The van der Waals surface area contributed by atoms with E-state index in [1.165, 1.54) is 4.90 Å². The van der Waals surface area contributed by atoms with Crippen LogP contribution in [-0.4, -0.2) is 53.7 Å². The summed E-state index contributed by atoms with van der Waals surface area (Å²) < 4.78 is 19.7. The quantitative estimate of drug-likeness (QED) is 0.461. The third-order valence-corrected chi connectivity index (χ3v) is 6.32. The van der Waals surface area contributed by atoms with Crippen molar-refractivity contribution in [2.75, 3.05) is 23.9 Å². The fourth-order valence-corrected chi connectivity index (χ4v) is 4.53. The molecule has 3 rings (SSSR count). The lowest BCUT2D eigenvalue weighted by atomic mass is 9.91. The lowest BCUT2D eigenvalue weighted by Crippen LogP contribution is -2.40. The number of carbonyl (C=O) groups excluding carboxylic acids is 1. The van der Waals surface area contributed by atoms with Crippen LogP contribution in [0.3, 0.4) is 0 Å². The van der Waals surface area contributed by atoms with E-state index in [-0.39, 0.29) is 34.3 Å². The Bertz CT molecular complexity index is 1110. The fourth-order valence-electron chi connectivity index (χ4n) is 3.68. The molecule has 0 unspecified atom stereocenters. The predicted octanol–water partition coefficient (Wildman–Crippen LogP) is 4.19. The van der Waals surface area contributed by atoms with Crippen molar-refractivity contribution in [3.8, 4) is 17.9 Å². The van der Waals surface area contributed by atoms with Crippen molar-refractivity contribution < 1.29 is 23.8 Å². The second-order valence-corrected chi connectivity index (χ2v) is 10.5. The van der Waals surface area contributed by atoms with Gasteiger partial charge in [-0.25, -0.2) is 14.2 Å². The number of aromatic nitrogens is 2. The van der Waals surface area contributed by atoms with Crippen molar-refractivity contribution in [3.05, 3.63) is 27.8 Å². The van der Waals surface area contributed by atoms with Crippen LogP contribution in [0.15, 0.2) is 12.3 Å². The highest BCUT2D eigenvalue weighted by Gasteiger charge is 2.31. The number of carbonyl (C=O) groups is 2. The lowest BCUT2D eigenvalue weighted by Gasteiger charge is -2.34. The van der Waals surface area contributed by atoms with Gasteiger partial charge in [0.15, 0.2) is 11.6 Å². The van der Waals surface area contributed by atoms with E-state index in [1.807, 2.05) is 20.8 Å². The summed E-state index contributed by atoms with van der Waals surface area (Å²) in [5.74, 6) is 4.67. The maximum Gasteiger partial charge on any atom is 0.348 e. The van der Waals surface area contributed by atoms with Gasteiger partial charge in [0.05, 0.1) is 16.8 Å². The van der Waals surface area contributed by atoms with Crippen molar-refractivity contribution in [1.82, 2.24) is 9.97 Å². The van der Waals surface area contributed by atoms with Crippen LogP contribution in [0.4, 0.5) is 15.9 Å². The van der Waals surface area contributed by atoms with E-state index < -0.39 is 11.8 Å². The molecule has 182 valence electrons. The van der Waals surface area contributed by atoms with Crippen LogP contribution < -0.4 is 14.5 Å². The van der Waals surface area contributed by atoms with Crippen LogP contribution in [0.2, 0.25) is 0 Å². The number of ether oxygens (including phenoxy) is 1. The molecular formula is C24H29FN4O4S. The first kappa shape index (κ1) is 25.4. The molecule has 8 nitrogen and oxygen atoms in total. The Balaban J connectivity index is 1.72. The van der Waals surface area contributed by atoms with Crippen molar-refractivity contribution >= 4 is 35.2 Å². The van der Waals surface area contributed by atoms with Crippen molar-refractivity contribution in [2.24, 2.45) is 5.41 Å². The molecule has 1 amide bonds. The van der Waals surface area contributed by atoms with Gasteiger partial charge in [0.2, 0.25) is 6.41 Å². The topological polar surface area (TPSA) is 95.9 Å². The zero-order chi connectivity index (χ0) is 25.0. The Kier molecular flexibility index (Phi) is 7.77. The summed E-state index contributed by atoms with van der Waals surface area (Å²) in [6.45, 7) is 5.93. The van der Waals surface area contributed by atoms with Crippen molar-refractivity contribution in [3.63, 3.8) is 0 Å². The van der Waals surface area contributed by atoms with E-state index in [0.29, 0.717) is 42.7 Å². The first-order valence-corrected chi connectivity index (χ1v) is 11.8. The predicted molar refractivity (Wildman–Crippen MR) is 129 cm³/mol. The molecule has 2 aromatic heterocycles. The number of carboxylic acid groups (broad SMARTS) is 1. The Morgan fingerprint density at radius 2 is 1.97 bits per heavy atom. The molecule has 0 aliphatic heterocycles. The Morgan fingerprint density at radius 3 is 2.53 bits per heavy atom. The molecule has 1 saturated carbocycles. The number of thiophene rings is 1. The zero-order valence-electron chi connectivity index (χ0n) is 20.0. The smallest absolute Gasteiger partial charge is 0.348 e. The van der Waals surface area contributed by atoms with Crippen molar-refractivity contribution in [2.45, 2.75) is 58.6 Å². The molecule has 1 aliphatic carbocycles. The lowest BCUT2D eigenvalue weighted by molar-refractivity contribution is -0.108. The van der Waals surface area contributed by atoms with E-state index in [4.69, 9.17) is 4.74 Å². The zero-order valence-corrected chi connectivity index (χ0v) is 20.8. The standard InChI is InChI=1S/C24H29FN4O4S/c1-24(2,3)11-10-17-12-19(20(34-17)22(31)32)29(14-30)15-6-8-16(9-7-15)33-23-26-13-18(25)21(27-23)28(4)5/h12-16H,6-9H2,1-5H3,(H,31,32)/t15-,16-. The van der Waals surface area contributed by atoms with E-state index in [9.17, 15) is 19.1 Å². The molecule has 34 heavy (non-hydrogen) atoms. The van der Waals surface area contributed by atoms with Crippen LogP contribution >= 0.6 is 11.3 Å². The summed E-state index contributed by atoms with van der Waals surface area (Å²) in [5.41, 5.74) is 0.144. The Hall–Kier alpha value is -3.19. The summed E-state index contributed by atoms with van der Waals surface area (Å²) >= 11 is 1.07. The fraction of sp³-hybridized carbons (Fsp3) is 0.500. The number of hydrogen-bond acceptors (Lipinski definition) is 7. The number of aromatic carboxylic acids is 1. The molecule has 2 heterocycles. The summed E-state index contributed by atoms with van der Waals surface area (Å²) in [4.78, 5) is 35.7. The number of carboxylic acids is 1. The van der Waals surface area contributed by atoms with Crippen LogP contribution in [0.1, 0.15) is 61.0 Å². The summed E-state index contributed by atoms with van der Waals surface area (Å²) in [6, 6.07) is 1.62. The van der Waals surface area contributed by atoms with E-state index >= 15 is 0 Å². The largest absolute Gasteiger partial charge is 0.477 e. The second kappa shape index (κ2) is 10.4. The number of halogens is 1. The third kappa shape index (κ3) is 6.23. The van der Waals surface area contributed by atoms with Gasteiger partial charge in [-0.1, -0.05) is 11.8 Å². The minimum Gasteiger partial charge on any atom is -0.477 e. The van der Waals surface area contributed by atoms with Gasteiger partial charge in [0, 0.05) is 25.6 Å². The monoisotopic (exact) mass is 488 g/mol. The van der Waals surface area contributed by atoms with Gasteiger partial charge < -0.3 is 19.6 Å². The average molecular weight is 489 g/mol. The number of anilines is 2. The highest BCUT2D eigenvalue weighted by Crippen LogP contribution is 2.35. The molecule has 1 fully saturated rings. The van der Waals surface area contributed by atoms with Gasteiger partial charge in [-0.15, -0.1) is 11.3 Å². The molecule has 0 bridgehead atoms. The van der Waals surface area contributed by atoms with Crippen molar-refractivity contribution in [1.29, 1.82) is 0 Å². The normalized spacial score (nSPS) is 17.9. The molecule has 1 aliphatic rings. The van der Waals surface area contributed by atoms with E-state index in [1.54, 1.807) is 25.1 Å². The summed E-state index contributed by atoms with van der Waals surface area (Å²) in [6.07, 6.45) is 4.06. The maximum absolute atomic E-state index is 13.8. The Morgan fingerprint density at radius 1 is 1.29 bits per heavy atom. The molecule has 0 atom stereocenters. The van der Waals surface area contributed by atoms with Gasteiger partial charge in [-0.05, 0) is 52.5 Å². The minimum absolute atomic E-state index is 0.0969. The molecule has 0 radical (unpaired) electrons. The molecule has 0 spiro atoms. The van der Waals surface area contributed by atoms with E-state index in [0.717, 1.165) is 17.5 Å². The van der Waals surface area contributed by atoms with Crippen LogP contribution in [0.25, 0.3) is 0 Å². The van der Waals surface area contributed by atoms with Gasteiger partial charge >= 0.3 is 12.0 Å². The Labute approximate surface area is 202 Å². The number of rotatable bonds is 7. The number of nitrogens with zero attached hydrogens (tertiary/aromatic N) is 4. The molecule has 10 heteroatoms. The van der Waals surface area contributed by atoms with Crippen LogP contribution in [0.5, 0.6) is 6.01 Å². The second-order valence-electron chi connectivity index (χ2n) is 9.41. The first-order valence-electron chi connectivity index (χ1n) is 11.0. The van der Waals surface area contributed by atoms with Gasteiger partial charge in [-0.2, -0.15) is 4.98 Å². The highest BCUT2D eigenvalue weighted by molar-refractivity contribution is 7.15. The minimum atomic E-state index is -1.09. The molecule has 1 N–H and O–H groups in total. The highest BCUT2D eigenvalue weighted by atomic mass is 32.1. The molecule has 0 saturated heterocycles. The van der Waals surface area contributed by atoms with Gasteiger partial charge in [0.1, 0.15) is 11.0 Å². The third-order valence-electron chi connectivity index (χ3n) is 5.30. The number of hydrogen-bond donors (Lipinski definition) is 1. The SMILES string of the molecule is CN(C)c1nc(O[C@H]2CC[C@H](N(C=O)c3cc(C#CC(C)(C)C)sc3C(=O)O)CC2)ncc1F. The maximum atomic E-state index is 13.8. The average Bonchev–Trinajstić information content (AvgIpc) is 3.19. The number of amides is 1.